The second kappa shape index (κ2) is 8.14. The smallest absolute Gasteiger partial charge is 0.407 e. The van der Waals surface area contributed by atoms with E-state index in [-0.39, 0.29) is 18.0 Å². The van der Waals surface area contributed by atoms with Crippen LogP contribution in [0.15, 0.2) is 36.7 Å². The van der Waals surface area contributed by atoms with E-state index in [0.717, 1.165) is 42.1 Å². The maximum atomic E-state index is 13.0. The molecule has 0 aliphatic carbocycles. The number of hydrogen-bond acceptors (Lipinski definition) is 4. The summed E-state index contributed by atoms with van der Waals surface area (Å²) in [6, 6.07) is 4.81. The number of methoxy groups -OCH3 is 1. The summed E-state index contributed by atoms with van der Waals surface area (Å²) in [6.45, 7) is 0.788. The van der Waals surface area contributed by atoms with E-state index in [1.807, 2.05) is 0 Å². The summed E-state index contributed by atoms with van der Waals surface area (Å²) >= 11 is 0. The monoisotopic (exact) mass is 387 g/mol. The van der Waals surface area contributed by atoms with Crippen LogP contribution in [-0.4, -0.2) is 31.9 Å². The van der Waals surface area contributed by atoms with E-state index in [1.54, 1.807) is 31.6 Å². The van der Waals surface area contributed by atoms with Crippen LogP contribution in [0.1, 0.15) is 23.6 Å². The van der Waals surface area contributed by atoms with Crippen LogP contribution >= 0.6 is 12.4 Å². The van der Waals surface area contributed by atoms with Gasteiger partial charge in [0.15, 0.2) is 0 Å². The van der Waals surface area contributed by atoms with Crippen LogP contribution in [0.4, 0.5) is 24.5 Å². The first-order valence-corrected chi connectivity index (χ1v) is 8.08. The second-order valence-electron chi connectivity index (χ2n) is 5.95. The van der Waals surface area contributed by atoms with Crippen LogP contribution in [-0.2, 0) is 6.42 Å². The van der Waals surface area contributed by atoms with Gasteiger partial charge < -0.3 is 15.0 Å². The average molecular weight is 388 g/mol. The van der Waals surface area contributed by atoms with Crippen molar-refractivity contribution in [1.29, 1.82) is 0 Å². The number of nitrogens with one attached hydrogen (secondary N) is 1. The van der Waals surface area contributed by atoms with Crippen LogP contribution in [0.2, 0.25) is 0 Å². The van der Waals surface area contributed by atoms with Crippen molar-refractivity contribution in [2.45, 2.75) is 25.1 Å². The van der Waals surface area contributed by atoms with Crippen LogP contribution in [0.5, 0.6) is 5.75 Å². The molecule has 0 spiro atoms. The predicted octanol–water partition coefficient (Wildman–Crippen LogP) is 4.42. The first kappa shape index (κ1) is 20.3. The highest BCUT2D eigenvalue weighted by Crippen LogP contribution is 2.38. The lowest BCUT2D eigenvalue weighted by Crippen LogP contribution is -2.31. The predicted molar refractivity (Wildman–Crippen MR) is 97.7 cm³/mol. The Morgan fingerprint density at radius 2 is 1.88 bits per heavy atom. The van der Waals surface area contributed by atoms with Crippen LogP contribution in [0.25, 0.3) is 0 Å². The number of pyridine rings is 1. The lowest BCUT2D eigenvalue weighted by Gasteiger charge is -2.32. The molecule has 2 aromatic rings. The summed E-state index contributed by atoms with van der Waals surface area (Å²) in [7, 11) is 2.92. The number of fused-ring (bicyclic) bond motifs is 1. The van der Waals surface area contributed by atoms with Crippen molar-refractivity contribution in [2.75, 3.05) is 25.6 Å². The van der Waals surface area contributed by atoms with E-state index >= 15 is 0 Å². The highest BCUT2D eigenvalue weighted by atomic mass is 35.5. The number of ether oxygens (including phenoxy) is 1. The molecule has 1 atom stereocenters. The van der Waals surface area contributed by atoms with Gasteiger partial charge in [-0.15, -0.1) is 12.4 Å². The number of halogens is 4. The van der Waals surface area contributed by atoms with Gasteiger partial charge in [0.25, 0.3) is 0 Å². The Balaban J connectivity index is 0.00000243. The molecule has 0 saturated carbocycles. The molecule has 4 nitrogen and oxygen atoms in total. The first-order valence-electron chi connectivity index (χ1n) is 8.08. The number of alkyl halides is 3. The fourth-order valence-electron chi connectivity index (χ4n) is 3.29. The van der Waals surface area contributed by atoms with Gasteiger partial charge in [-0.3, -0.25) is 4.98 Å². The molecule has 3 rings (SSSR count). The molecule has 26 heavy (non-hydrogen) atoms. The largest absolute Gasteiger partial charge is 0.495 e. The normalized spacial score (nSPS) is 15.0. The molecule has 1 aliphatic heterocycles. The van der Waals surface area contributed by atoms with Gasteiger partial charge in [-0.2, -0.15) is 13.2 Å². The third kappa shape index (κ3) is 3.88. The van der Waals surface area contributed by atoms with E-state index in [9.17, 15) is 13.2 Å². The van der Waals surface area contributed by atoms with E-state index < -0.39 is 12.2 Å². The average Bonchev–Trinajstić information content (AvgIpc) is 2.60. The summed E-state index contributed by atoms with van der Waals surface area (Å²) < 4.78 is 44.5. The highest BCUT2D eigenvalue weighted by Gasteiger charge is 2.39. The van der Waals surface area contributed by atoms with Crippen molar-refractivity contribution in [3.63, 3.8) is 0 Å². The Bertz CT molecular complexity index is 737. The molecule has 0 saturated heterocycles. The molecule has 0 fully saturated rings. The maximum Gasteiger partial charge on any atom is 0.407 e. The fourth-order valence-corrected chi connectivity index (χ4v) is 3.29. The molecule has 0 radical (unpaired) electrons. The van der Waals surface area contributed by atoms with Crippen molar-refractivity contribution in [2.24, 2.45) is 0 Å². The Labute approximate surface area is 156 Å². The molecule has 1 aromatic carbocycles. The number of aromatic nitrogens is 1. The summed E-state index contributed by atoms with van der Waals surface area (Å²) in [6.07, 6.45) is 0.969. The molecular weight excluding hydrogens is 367 g/mol. The van der Waals surface area contributed by atoms with Gasteiger partial charge in [-0.05, 0) is 37.6 Å². The standard InChI is InChI=1S/C18H20F3N3O.ClH/c1-22-17(18(19,20)21)12-5-7-13(8-6-12)24-9-3-4-14-15(24)10-23-11-16(14)25-2;/h5-8,10-11,17,22H,3-4,9H2,1-2H3;1H/t17-;/m0./s1. The van der Waals surface area contributed by atoms with E-state index in [2.05, 4.69) is 15.2 Å². The van der Waals surface area contributed by atoms with Gasteiger partial charge in [-0.1, -0.05) is 12.1 Å². The van der Waals surface area contributed by atoms with Gasteiger partial charge in [-0.25, -0.2) is 0 Å². The zero-order chi connectivity index (χ0) is 18.0. The van der Waals surface area contributed by atoms with Crippen molar-refractivity contribution in [1.82, 2.24) is 10.3 Å². The zero-order valence-electron chi connectivity index (χ0n) is 14.5. The molecule has 2 heterocycles. The van der Waals surface area contributed by atoms with Gasteiger partial charge in [0.1, 0.15) is 11.8 Å². The molecule has 0 amide bonds. The SMILES string of the molecule is CN[C@@H](c1ccc(N2CCCc3c(OC)cncc32)cc1)C(F)(F)F.Cl. The minimum absolute atomic E-state index is 0. The molecule has 1 aliphatic rings. The summed E-state index contributed by atoms with van der Waals surface area (Å²) in [5.41, 5.74) is 3.06. The molecule has 8 heteroatoms. The fraction of sp³-hybridized carbons (Fsp3) is 0.389. The lowest BCUT2D eigenvalue weighted by molar-refractivity contribution is -0.156. The number of hydrogen-bond donors (Lipinski definition) is 1. The maximum absolute atomic E-state index is 13.0. The van der Waals surface area contributed by atoms with E-state index in [1.165, 1.54) is 19.2 Å². The summed E-state index contributed by atoms with van der Waals surface area (Å²) in [5, 5.41) is 2.32. The van der Waals surface area contributed by atoms with E-state index in [4.69, 9.17) is 4.74 Å². The first-order chi connectivity index (χ1) is 12.0. The number of rotatable bonds is 4. The van der Waals surface area contributed by atoms with Gasteiger partial charge >= 0.3 is 6.18 Å². The van der Waals surface area contributed by atoms with Crippen molar-refractivity contribution in [3.8, 4) is 5.75 Å². The lowest BCUT2D eigenvalue weighted by atomic mass is 10.0. The third-order valence-corrected chi connectivity index (χ3v) is 4.47. The summed E-state index contributed by atoms with van der Waals surface area (Å²) in [4.78, 5) is 6.28. The van der Waals surface area contributed by atoms with Crippen LogP contribution < -0.4 is 15.0 Å². The quantitative estimate of drug-likeness (QED) is 0.842. The second-order valence-corrected chi connectivity index (χ2v) is 5.95. The Hall–Kier alpha value is -1.99. The highest BCUT2D eigenvalue weighted by molar-refractivity contribution is 5.85. The molecule has 0 bridgehead atoms. The van der Waals surface area contributed by atoms with Crippen LogP contribution in [0.3, 0.4) is 0 Å². The molecule has 0 unspecified atom stereocenters. The van der Waals surface area contributed by atoms with Crippen molar-refractivity contribution >= 4 is 23.8 Å². The van der Waals surface area contributed by atoms with E-state index in [0.29, 0.717) is 0 Å². The molecular formula is C18H21ClF3N3O. The number of nitrogens with zero attached hydrogens (tertiary/aromatic N) is 2. The van der Waals surface area contributed by atoms with Crippen molar-refractivity contribution < 1.29 is 17.9 Å². The van der Waals surface area contributed by atoms with Gasteiger partial charge in [0, 0.05) is 17.8 Å². The third-order valence-electron chi connectivity index (χ3n) is 4.47. The van der Waals surface area contributed by atoms with Crippen LogP contribution in [0, 0.1) is 0 Å². The molecule has 1 aromatic heterocycles. The Morgan fingerprint density at radius 3 is 2.46 bits per heavy atom. The number of benzene rings is 1. The van der Waals surface area contributed by atoms with Gasteiger partial charge in [0.05, 0.1) is 25.2 Å². The minimum Gasteiger partial charge on any atom is -0.495 e. The van der Waals surface area contributed by atoms with Crippen molar-refractivity contribution in [3.05, 3.63) is 47.8 Å². The summed E-state index contributed by atoms with van der Waals surface area (Å²) in [5.74, 6) is 0.742. The topological polar surface area (TPSA) is 37.4 Å². The zero-order valence-corrected chi connectivity index (χ0v) is 15.3. The molecule has 142 valence electrons. The molecule has 1 N–H and O–H groups in total. The number of anilines is 2. The van der Waals surface area contributed by atoms with Gasteiger partial charge in [0.2, 0.25) is 0 Å². The Morgan fingerprint density at radius 1 is 1.19 bits per heavy atom. The minimum atomic E-state index is -4.33. The Kier molecular flexibility index (Phi) is 6.36.